The maximum atomic E-state index is 2.41. The molecule has 0 N–H and O–H groups in total. The van der Waals surface area contributed by atoms with Crippen LogP contribution in [-0.2, 0) is 0 Å². The minimum Gasteiger partial charge on any atom is -0.334 e. The normalized spacial score (nSPS) is 20.2. The summed E-state index contributed by atoms with van der Waals surface area (Å²) in [5.74, 6) is 0. The Hall–Kier alpha value is -0.670. The number of fused-ring (bicyclic) bond motifs is 1. The van der Waals surface area contributed by atoms with Gasteiger partial charge in [0.25, 0.3) is 0 Å². The van der Waals surface area contributed by atoms with Crippen molar-refractivity contribution in [2.45, 2.75) is 6.42 Å². The molecule has 0 atom stereocenters. The first-order valence-electron chi connectivity index (χ1n) is 4.33. The van der Waals surface area contributed by atoms with Gasteiger partial charge in [0.15, 0.2) is 0 Å². The second-order valence-electron chi connectivity index (χ2n) is 3.08. The maximum absolute atomic E-state index is 2.41. The van der Waals surface area contributed by atoms with E-state index >= 15 is 0 Å². The Bertz CT molecular complexity index is 376. The van der Waals surface area contributed by atoms with Gasteiger partial charge in [0.05, 0.1) is 15.6 Å². The van der Waals surface area contributed by atoms with E-state index in [1.54, 1.807) is 0 Å². The van der Waals surface area contributed by atoms with Crippen LogP contribution in [-0.4, -0.2) is 11.4 Å². The average molecular weight is 207 g/mol. The Morgan fingerprint density at radius 3 is 3.23 bits per heavy atom. The van der Waals surface area contributed by atoms with Crippen molar-refractivity contribution in [3.05, 3.63) is 38.9 Å². The molecule has 0 spiro atoms. The van der Waals surface area contributed by atoms with Gasteiger partial charge in [-0.3, -0.25) is 0 Å². The predicted molar refractivity (Wildman–Crippen MR) is 59.3 cm³/mol. The van der Waals surface area contributed by atoms with Crippen molar-refractivity contribution in [2.24, 2.45) is 0 Å². The van der Waals surface area contributed by atoms with Gasteiger partial charge in [-0.1, -0.05) is 23.9 Å². The average Bonchev–Trinajstić information content (AvgIpc) is 2.79. The predicted octanol–water partition coefficient (Wildman–Crippen LogP) is 3.34. The van der Waals surface area contributed by atoms with E-state index in [1.165, 1.54) is 22.0 Å². The van der Waals surface area contributed by atoms with E-state index < -0.39 is 0 Å². The molecule has 3 heterocycles. The quantitative estimate of drug-likeness (QED) is 0.695. The zero-order valence-electron chi connectivity index (χ0n) is 7.06. The smallest absolute Gasteiger partial charge is 0.0756 e. The van der Waals surface area contributed by atoms with Gasteiger partial charge in [0, 0.05) is 12.0 Å². The van der Waals surface area contributed by atoms with Gasteiger partial charge < -0.3 is 4.90 Å². The molecule has 2 aliphatic rings. The molecule has 1 aromatic heterocycles. The van der Waals surface area contributed by atoms with E-state index in [4.69, 9.17) is 0 Å². The molecule has 66 valence electrons. The molecule has 1 aromatic rings. The third-order valence-electron chi connectivity index (χ3n) is 2.29. The van der Waals surface area contributed by atoms with E-state index in [1.807, 2.05) is 23.1 Å². The number of thiophene rings is 1. The standard InChI is InChI=1S/C10H9NS2/c1-4-10-11(5-1)8(7-13-10)9-3-2-6-12-9/h2-4,6-7H,1,5H2. The summed E-state index contributed by atoms with van der Waals surface area (Å²) in [7, 11) is 0. The van der Waals surface area contributed by atoms with Crippen LogP contribution >= 0.6 is 23.1 Å². The molecule has 2 aliphatic heterocycles. The summed E-state index contributed by atoms with van der Waals surface area (Å²) in [4.78, 5) is 3.80. The van der Waals surface area contributed by atoms with Gasteiger partial charge in [-0.05, 0) is 17.9 Å². The lowest BCUT2D eigenvalue weighted by atomic mass is 10.3. The first-order valence-corrected chi connectivity index (χ1v) is 6.09. The minimum atomic E-state index is 1.16. The molecule has 0 fully saturated rings. The van der Waals surface area contributed by atoms with Gasteiger partial charge in [-0.2, -0.15) is 0 Å². The molecular weight excluding hydrogens is 198 g/mol. The Morgan fingerprint density at radius 1 is 1.38 bits per heavy atom. The van der Waals surface area contributed by atoms with Crippen LogP contribution in [0.4, 0.5) is 0 Å². The molecule has 3 heteroatoms. The summed E-state index contributed by atoms with van der Waals surface area (Å²) >= 11 is 3.67. The second kappa shape index (κ2) is 2.93. The van der Waals surface area contributed by atoms with Crippen molar-refractivity contribution in [1.82, 2.24) is 4.90 Å². The number of hydrogen-bond donors (Lipinski definition) is 0. The van der Waals surface area contributed by atoms with Crippen LogP contribution in [0.3, 0.4) is 0 Å². The molecule has 0 unspecified atom stereocenters. The lowest BCUT2D eigenvalue weighted by Crippen LogP contribution is -2.11. The molecule has 0 amide bonds. The van der Waals surface area contributed by atoms with Crippen molar-refractivity contribution in [1.29, 1.82) is 0 Å². The van der Waals surface area contributed by atoms with E-state index in [2.05, 4.69) is 33.9 Å². The van der Waals surface area contributed by atoms with Crippen LogP contribution in [0, 0.1) is 0 Å². The fourth-order valence-electron chi connectivity index (χ4n) is 1.68. The van der Waals surface area contributed by atoms with Crippen LogP contribution < -0.4 is 0 Å². The zero-order valence-corrected chi connectivity index (χ0v) is 8.70. The van der Waals surface area contributed by atoms with Crippen LogP contribution in [0.5, 0.6) is 0 Å². The number of hydrogen-bond acceptors (Lipinski definition) is 3. The summed E-state index contributed by atoms with van der Waals surface area (Å²) in [6, 6.07) is 4.31. The van der Waals surface area contributed by atoms with Crippen LogP contribution in [0.1, 0.15) is 11.3 Å². The highest BCUT2D eigenvalue weighted by atomic mass is 32.2. The fraction of sp³-hybridized carbons (Fsp3) is 0.200. The van der Waals surface area contributed by atoms with E-state index in [-0.39, 0.29) is 0 Å². The fourth-order valence-corrected chi connectivity index (χ4v) is 3.53. The molecule has 0 saturated heterocycles. The first kappa shape index (κ1) is 7.71. The van der Waals surface area contributed by atoms with Crippen LogP contribution in [0.15, 0.2) is 34.0 Å². The van der Waals surface area contributed by atoms with E-state index in [0.717, 1.165) is 6.54 Å². The van der Waals surface area contributed by atoms with Gasteiger partial charge in [-0.25, -0.2) is 0 Å². The Balaban J connectivity index is 1.98. The van der Waals surface area contributed by atoms with Crippen molar-refractivity contribution in [2.75, 3.05) is 6.54 Å². The van der Waals surface area contributed by atoms with Gasteiger partial charge >= 0.3 is 0 Å². The Morgan fingerprint density at radius 2 is 2.38 bits per heavy atom. The van der Waals surface area contributed by atoms with Crippen molar-refractivity contribution in [3.63, 3.8) is 0 Å². The third kappa shape index (κ3) is 1.15. The summed E-state index contributed by atoms with van der Waals surface area (Å²) in [5.41, 5.74) is 1.39. The second-order valence-corrected chi connectivity index (χ2v) is 4.92. The lowest BCUT2D eigenvalue weighted by molar-refractivity contribution is 0.572. The topological polar surface area (TPSA) is 3.24 Å². The summed E-state index contributed by atoms with van der Waals surface area (Å²) in [6.07, 6.45) is 3.52. The molecule has 3 rings (SSSR count). The highest BCUT2D eigenvalue weighted by molar-refractivity contribution is 8.06. The molecule has 0 radical (unpaired) electrons. The Labute approximate surface area is 85.8 Å². The number of rotatable bonds is 1. The minimum absolute atomic E-state index is 1.16. The van der Waals surface area contributed by atoms with Crippen LogP contribution in [0.2, 0.25) is 0 Å². The summed E-state index contributed by atoms with van der Waals surface area (Å²) in [6.45, 7) is 1.16. The Kier molecular flexibility index (Phi) is 1.73. The van der Waals surface area contributed by atoms with Gasteiger partial charge in [0.2, 0.25) is 0 Å². The molecular formula is C10H9NS2. The highest BCUT2D eigenvalue weighted by Crippen LogP contribution is 2.43. The lowest BCUT2D eigenvalue weighted by Gasteiger charge is -2.16. The molecule has 0 bridgehead atoms. The first-order chi connectivity index (χ1) is 6.45. The SMILES string of the molecule is C1=C2SC=C(c3cccs3)N2CC1. The molecule has 0 saturated carbocycles. The molecule has 13 heavy (non-hydrogen) atoms. The number of nitrogens with zero attached hydrogens (tertiary/aromatic N) is 1. The molecule has 1 nitrogen and oxygen atoms in total. The summed E-state index contributed by atoms with van der Waals surface area (Å²) in [5, 5.41) is 5.82. The molecule has 0 aromatic carbocycles. The number of thioether (sulfide) groups is 1. The monoisotopic (exact) mass is 207 g/mol. The van der Waals surface area contributed by atoms with Crippen molar-refractivity contribution in [3.8, 4) is 0 Å². The summed E-state index contributed by atoms with van der Waals surface area (Å²) < 4.78 is 0. The largest absolute Gasteiger partial charge is 0.334 e. The zero-order chi connectivity index (χ0) is 8.67. The van der Waals surface area contributed by atoms with E-state index in [0.29, 0.717) is 0 Å². The van der Waals surface area contributed by atoms with Crippen molar-refractivity contribution >= 4 is 28.8 Å². The highest BCUT2D eigenvalue weighted by Gasteiger charge is 2.25. The van der Waals surface area contributed by atoms with Gasteiger partial charge in [0.1, 0.15) is 0 Å². The van der Waals surface area contributed by atoms with Crippen molar-refractivity contribution < 1.29 is 0 Å². The van der Waals surface area contributed by atoms with Crippen LogP contribution in [0.25, 0.3) is 5.70 Å². The third-order valence-corrected chi connectivity index (χ3v) is 4.16. The molecule has 0 aliphatic carbocycles. The van der Waals surface area contributed by atoms with E-state index in [9.17, 15) is 0 Å². The van der Waals surface area contributed by atoms with Gasteiger partial charge in [-0.15, -0.1) is 11.3 Å². The maximum Gasteiger partial charge on any atom is 0.0756 e.